The van der Waals surface area contributed by atoms with E-state index in [0.29, 0.717) is 6.54 Å². The van der Waals surface area contributed by atoms with Crippen molar-refractivity contribution in [1.82, 2.24) is 5.32 Å². The molecule has 0 radical (unpaired) electrons. The molecule has 5 heteroatoms. The normalized spacial score (nSPS) is 11.3. The van der Waals surface area contributed by atoms with Crippen LogP contribution < -0.4 is 5.32 Å². The van der Waals surface area contributed by atoms with Gasteiger partial charge in [0.1, 0.15) is 0 Å². The Labute approximate surface area is 127 Å². The summed E-state index contributed by atoms with van der Waals surface area (Å²) in [6, 6.07) is 8.25. The largest absolute Gasteiger partial charge is 0.356 e. The quantitative estimate of drug-likeness (QED) is 0.676. The third-order valence-electron chi connectivity index (χ3n) is 3.30. The number of hydrogen-bond acceptors (Lipinski definition) is 3. The second kappa shape index (κ2) is 9.55. The van der Waals surface area contributed by atoms with Crippen LogP contribution in [0.1, 0.15) is 45.4 Å². The van der Waals surface area contributed by atoms with Gasteiger partial charge in [-0.3, -0.25) is 4.79 Å². The van der Waals surface area contributed by atoms with Gasteiger partial charge in [-0.2, -0.15) is 0 Å². The first kappa shape index (κ1) is 17.7. The number of hydrogen-bond donors (Lipinski definition) is 1. The van der Waals surface area contributed by atoms with Crippen molar-refractivity contribution in [2.24, 2.45) is 0 Å². The van der Waals surface area contributed by atoms with Crippen molar-refractivity contribution in [3.8, 4) is 0 Å². The van der Waals surface area contributed by atoms with Gasteiger partial charge < -0.3 is 5.32 Å². The first-order chi connectivity index (χ1) is 10.1. The molecule has 1 rings (SSSR count). The molecule has 0 atom stereocenters. The van der Waals surface area contributed by atoms with Crippen LogP contribution in [-0.2, 0) is 14.6 Å². The minimum atomic E-state index is -3.36. The van der Waals surface area contributed by atoms with Gasteiger partial charge in [0.2, 0.25) is 5.91 Å². The SMILES string of the molecule is CCCCCCCNC(=O)CCS(=O)(=O)c1ccccc1. The summed E-state index contributed by atoms with van der Waals surface area (Å²) in [4.78, 5) is 11.9. The van der Waals surface area contributed by atoms with Gasteiger partial charge in [0.15, 0.2) is 9.84 Å². The molecule has 0 aromatic heterocycles. The predicted octanol–water partition coefficient (Wildman–Crippen LogP) is 2.94. The number of benzene rings is 1. The summed E-state index contributed by atoms with van der Waals surface area (Å²) in [5, 5.41) is 2.78. The van der Waals surface area contributed by atoms with E-state index in [1.54, 1.807) is 30.3 Å². The lowest BCUT2D eigenvalue weighted by Gasteiger charge is -2.06. The highest BCUT2D eigenvalue weighted by atomic mass is 32.2. The monoisotopic (exact) mass is 311 g/mol. The highest BCUT2D eigenvalue weighted by molar-refractivity contribution is 7.91. The van der Waals surface area contributed by atoms with Crippen LogP contribution in [0.2, 0.25) is 0 Å². The Bertz CT molecular complexity index is 512. The molecule has 0 aliphatic rings. The third-order valence-corrected chi connectivity index (χ3v) is 5.03. The lowest BCUT2D eigenvalue weighted by Crippen LogP contribution is -2.26. The van der Waals surface area contributed by atoms with Crippen molar-refractivity contribution in [1.29, 1.82) is 0 Å². The van der Waals surface area contributed by atoms with E-state index in [9.17, 15) is 13.2 Å². The van der Waals surface area contributed by atoms with Gasteiger partial charge in [-0.05, 0) is 18.6 Å². The summed E-state index contributed by atoms with van der Waals surface area (Å²) in [6.45, 7) is 2.79. The van der Waals surface area contributed by atoms with E-state index in [-0.39, 0.29) is 23.0 Å². The Kier molecular flexibility index (Phi) is 8.05. The van der Waals surface area contributed by atoms with Crippen LogP contribution in [-0.4, -0.2) is 26.6 Å². The average molecular weight is 311 g/mol. The molecule has 1 amide bonds. The van der Waals surface area contributed by atoms with Crippen LogP contribution in [0.5, 0.6) is 0 Å². The van der Waals surface area contributed by atoms with E-state index >= 15 is 0 Å². The van der Waals surface area contributed by atoms with Crippen LogP contribution in [0.3, 0.4) is 0 Å². The summed E-state index contributed by atoms with van der Waals surface area (Å²) < 4.78 is 24.0. The number of amides is 1. The Hall–Kier alpha value is -1.36. The summed E-state index contributed by atoms with van der Waals surface area (Å²) in [5.74, 6) is -0.330. The van der Waals surface area contributed by atoms with Crippen molar-refractivity contribution in [2.75, 3.05) is 12.3 Å². The van der Waals surface area contributed by atoms with Gasteiger partial charge in [-0.1, -0.05) is 50.8 Å². The highest BCUT2D eigenvalue weighted by Crippen LogP contribution is 2.11. The average Bonchev–Trinajstić information content (AvgIpc) is 2.50. The van der Waals surface area contributed by atoms with Crippen LogP contribution in [0.15, 0.2) is 35.2 Å². The second-order valence-electron chi connectivity index (χ2n) is 5.15. The maximum absolute atomic E-state index is 12.0. The van der Waals surface area contributed by atoms with Gasteiger partial charge in [0, 0.05) is 13.0 Å². The number of carbonyl (C=O) groups excluding carboxylic acids is 1. The van der Waals surface area contributed by atoms with Gasteiger partial charge in [-0.25, -0.2) is 8.42 Å². The number of rotatable bonds is 10. The Morgan fingerprint density at radius 3 is 2.38 bits per heavy atom. The molecule has 0 saturated carbocycles. The fraction of sp³-hybridized carbons (Fsp3) is 0.562. The van der Waals surface area contributed by atoms with Crippen LogP contribution >= 0.6 is 0 Å². The lowest BCUT2D eigenvalue weighted by atomic mass is 10.1. The van der Waals surface area contributed by atoms with E-state index in [1.807, 2.05) is 0 Å². The van der Waals surface area contributed by atoms with Crippen molar-refractivity contribution >= 4 is 15.7 Å². The molecule has 1 aromatic carbocycles. The van der Waals surface area contributed by atoms with Gasteiger partial charge >= 0.3 is 0 Å². The minimum Gasteiger partial charge on any atom is -0.356 e. The third kappa shape index (κ3) is 7.27. The van der Waals surface area contributed by atoms with E-state index in [0.717, 1.165) is 12.8 Å². The van der Waals surface area contributed by atoms with Crippen molar-refractivity contribution < 1.29 is 13.2 Å². The first-order valence-electron chi connectivity index (χ1n) is 7.61. The first-order valence-corrected chi connectivity index (χ1v) is 9.26. The second-order valence-corrected chi connectivity index (χ2v) is 7.26. The van der Waals surface area contributed by atoms with Gasteiger partial charge in [-0.15, -0.1) is 0 Å². The molecule has 118 valence electrons. The van der Waals surface area contributed by atoms with Crippen molar-refractivity contribution in [2.45, 2.75) is 50.3 Å². The molecular formula is C16H25NO3S. The van der Waals surface area contributed by atoms with E-state index < -0.39 is 9.84 Å². The molecule has 1 aromatic rings. The molecule has 0 aliphatic heterocycles. The lowest BCUT2D eigenvalue weighted by molar-refractivity contribution is -0.120. The Morgan fingerprint density at radius 1 is 1.05 bits per heavy atom. The molecule has 0 heterocycles. The molecule has 0 unspecified atom stereocenters. The molecule has 0 fully saturated rings. The van der Waals surface area contributed by atoms with Crippen LogP contribution in [0.25, 0.3) is 0 Å². The summed E-state index contributed by atoms with van der Waals surface area (Å²) in [6.07, 6.45) is 5.70. The Balaban J connectivity index is 2.24. The van der Waals surface area contributed by atoms with E-state index in [4.69, 9.17) is 0 Å². The fourth-order valence-electron chi connectivity index (χ4n) is 2.02. The van der Waals surface area contributed by atoms with E-state index in [1.165, 1.54) is 19.3 Å². The maximum Gasteiger partial charge on any atom is 0.221 e. The summed E-state index contributed by atoms with van der Waals surface area (Å²) >= 11 is 0. The smallest absolute Gasteiger partial charge is 0.221 e. The predicted molar refractivity (Wildman–Crippen MR) is 84.9 cm³/mol. The van der Waals surface area contributed by atoms with Crippen molar-refractivity contribution in [3.05, 3.63) is 30.3 Å². The molecule has 0 bridgehead atoms. The molecule has 21 heavy (non-hydrogen) atoms. The standard InChI is InChI=1S/C16H25NO3S/c1-2-3-4-5-9-13-17-16(18)12-14-21(19,20)15-10-7-6-8-11-15/h6-8,10-11H,2-5,9,12-14H2,1H3,(H,17,18). The summed E-state index contributed by atoms with van der Waals surface area (Å²) in [5.41, 5.74) is 0. The summed E-state index contributed by atoms with van der Waals surface area (Å²) in [7, 11) is -3.36. The van der Waals surface area contributed by atoms with Crippen LogP contribution in [0, 0.1) is 0 Å². The molecule has 0 aliphatic carbocycles. The van der Waals surface area contributed by atoms with Gasteiger partial charge in [0.05, 0.1) is 10.6 Å². The van der Waals surface area contributed by atoms with Gasteiger partial charge in [0.25, 0.3) is 0 Å². The van der Waals surface area contributed by atoms with E-state index in [2.05, 4.69) is 12.2 Å². The zero-order valence-electron chi connectivity index (χ0n) is 12.7. The number of sulfone groups is 1. The minimum absolute atomic E-state index is 0.0200. The van der Waals surface area contributed by atoms with Crippen molar-refractivity contribution in [3.63, 3.8) is 0 Å². The molecular weight excluding hydrogens is 286 g/mol. The molecule has 0 spiro atoms. The maximum atomic E-state index is 12.0. The molecule has 1 N–H and O–H groups in total. The highest BCUT2D eigenvalue weighted by Gasteiger charge is 2.15. The zero-order chi connectivity index (χ0) is 15.6. The van der Waals surface area contributed by atoms with Crippen LogP contribution in [0.4, 0.5) is 0 Å². The number of unbranched alkanes of at least 4 members (excludes halogenated alkanes) is 4. The number of nitrogens with one attached hydrogen (secondary N) is 1. The molecule has 0 saturated heterocycles. The topological polar surface area (TPSA) is 63.2 Å². The number of carbonyl (C=O) groups is 1. The zero-order valence-corrected chi connectivity index (χ0v) is 13.5. The fourth-order valence-corrected chi connectivity index (χ4v) is 3.28. The molecule has 4 nitrogen and oxygen atoms in total. The Morgan fingerprint density at radius 2 is 1.71 bits per heavy atom.